The molecule has 36 heavy (non-hydrogen) atoms. The van der Waals surface area contributed by atoms with Gasteiger partial charge in [-0.3, -0.25) is 4.79 Å². The van der Waals surface area contributed by atoms with Gasteiger partial charge >= 0.3 is 0 Å². The Morgan fingerprint density at radius 3 is 2.44 bits per heavy atom. The molecule has 4 nitrogen and oxygen atoms in total. The molecule has 0 fully saturated rings. The summed E-state index contributed by atoms with van der Waals surface area (Å²) < 4.78 is 0. The summed E-state index contributed by atoms with van der Waals surface area (Å²) in [7, 11) is 0. The van der Waals surface area contributed by atoms with Crippen LogP contribution in [0.3, 0.4) is 0 Å². The van der Waals surface area contributed by atoms with Crippen LogP contribution < -0.4 is 5.32 Å². The number of hydrogen-bond acceptors (Lipinski definition) is 4. The SMILES string of the molecule is Cc1ccc(C)c(-c2csc(NC(=O)c3cc(-c4ccc(C)c(C)c4)nc4ccccc34)c2C#N)c1. The van der Waals surface area contributed by atoms with E-state index in [0.29, 0.717) is 16.1 Å². The lowest BCUT2D eigenvalue weighted by Crippen LogP contribution is -2.13. The number of carbonyl (C=O) groups excluding carboxylic acids is 1. The van der Waals surface area contributed by atoms with Gasteiger partial charge in [0, 0.05) is 21.9 Å². The number of carbonyl (C=O) groups is 1. The summed E-state index contributed by atoms with van der Waals surface area (Å²) >= 11 is 1.37. The van der Waals surface area contributed by atoms with Crippen molar-refractivity contribution in [2.75, 3.05) is 5.32 Å². The zero-order chi connectivity index (χ0) is 25.4. The number of para-hydroxylation sites is 1. The lowest BCUT2D eigenvalue weighted by atomic mass is 9.98. The minimum absolute atomic E-state index is 0.260. The third kappa shape index (κ3) is 4.28. The smallest absolute Gasteiger partial charge is 0.257 e. The van der Waals surface area contributed by atoms with Gasteiger partial charge in [0.1, 0.15) is 11.1 Å². The van der Waals surface area contributed by atoms with Crippen molar-refractivity contribution in [3.05, 3.63) is 105 Å². The number of aryl methyl sites for hydroxylation is 4. The Hall–Kier alpha value is -4.27. The van der Waals surface area contributed by atoms with Gasteiger partial charge in [0.25, 0.3) is 5.91 Å². The molecule has 0 aliphatic heterocycles. The van der Waals surface area contributed by atoms with Crippen molar-refractivity contribution in [1.29, 1.82) is 5.26 Å². The zero-order valence-electron chi connectivity index (χ0n) is 20.6. The van der Waals surface area contributed by atoms with Crippen molar-refractivity contribution in [1.82, 2.24) is 4.98 Å². The first-order chi connectivity index (χ1) is 17.4. The van der Waals surface area contributed by atoms with E-state index in [1.54, 1.807) is 0 Å². The van der Waals surface area contributed by atoms with Gasteiger partial charge in [-0.25, -0.2) is 4.98 Å². The highest BCUT2D eigenvalue weighted by molar-refractivity contribution is 7.15. The van der Waals surface area contributed by atoms with Crippen molar-refractivity contribution in [3.8, 4) is 28.5 Å². The molecular formula is C31H25N3OS. The van der Waals surface area contributed by atoms with E-state index in [1.165, 1.54) is 22.5 Å². The number of anilines is 1. The molecule has 5 aromatic rings. The van der Waals surface area contributed by atoms with Crippen LogP contribution in [-0.4, -0.2) is 10.9 Å². The Bertz CT molecular complexity index is 1690. The summed E-state index contributed by atoms with van der Waals surface area (Å²) in [5, 5.41) is 16.3. The quantitative estimate of drug-likeness (QED) is 0.279. The average Bonchev–Trinajstić information content (AvgIpc) is 3.28. The molecule has 2 aromatic heterocycles. The first-order valence-electron chi connectivity index (χ1n) is 11.7. The van der Waals surface area contributed by atoms with E-state index < -0.39 is 0 Å². The molecule has 3 aromatic carbocycles. The van der Waals surface area contributed by atoms with E-state index >= 15 is 0 Å². The number of nitriles is 1. The molecule has 0 atom stereocenters. The molecule has 176 valence electrons. The molecule has 5 rings (SSSR count). The second-order valence-electron chi connectivity index (χ2n) is 9.11. The first-order valence-corrected chi connectivity index (χ1v) is 12.6. The van der Waals surface area contributed by atoms with Crippen LogP contribution in [0, 0.1) is 39.0 Å². The van der Waals surface area contributed by atoms with Crippen molar-refractivity contribution in [3.63, 3.8) is 0 Å². The fourth-order valence-electron chi connectivity index (χ4n) is 4.37. The number of pyridine rings is 1. The maximum absolute atomic E-state index is 13.6. The molecule has 0 aliphatic rings. The number of nitrogens with one attached hydrogen (secondary N) is 1. The molecule has 0 spiro atoms. The van der Waals surface area contributed by atoms with E-state index in [2.05, 4.69) is 55.6 Å². The Labute approximate surface area is 214 Å². The largest absolute Gasteiger partial charge is 0.312 e. The first kappa shape index (κ1) is 23.5. The second-order valence-corrected chi connectivity index (χ2v) is 9.99. The van der Waals surface area contributed by atoms with Crippen molar-refractivity contribution in [2.24, 2.45) is 0 Å². The number of amides is 1. The summed E-state index contributed by atoms with van der Waals surface area (Å²) in [5.41, 5.74) is 9.90. The van der Waals surface area contributed by atoms with Crippen LogP contribution in [0.4, 0.5) is 5.00 Å². The second kappa shape index (κ2) is 9.41. The maximum atomic E-state index is 13.6. The van der Waals surface area contributed by atoms with Crippen molar-refractivity contribution in [2.45, 2.75) is 27.7 Å². The number of thiophene rings is 1. The molecule has 0 saturated heterocycles. The number of nitrogens with zero attached hydrogens (tertiary/aromatic N) is 2. The minimum Gasteiger partial charge on any atom is -0.312 e. The molecule has 1 amide bonds. The predicted molar refractivity (Wildman–Crippen MR) is 149 cm³/mol. The normalized spacial score (nSPS) is 10.9. The molecule has 0 unspecified atom stereocenters. The van der Waals surface area contributed by atoms with E-state index in [0.717, 1.165) is 44.4 Å². The van der Waals surface area contributed by atoms with Gasteiger partial charge in [-0.2, -0.15) is 5.26 Å². The number of fused-ring (bicyclic) bond motifs is 1. The van der Waals surface area contributed by atoms with Crippen molar-refractivity contribution >= 4 is 33.1 Å². The Morgan fingerprint density at radius 1 is 0.889 bits per heavy atom. The number of benzene rings is 3. The van der Waals surface area contributed by atoms with Crippen LogP contribution in [0.2, 0.25) is 0 Å². The summed E-state index contributed by atoms with van der Waals surface area (Å²) in [4.78, 5) is 18.5. The van der Waals surface area contributed by atoms with Crippen LogP contribution in [0.15, 0.2) is 72.1 Å². The molecule has 0 saturated carbocycles. The van der Waals surface area contributed by atoms with Gasteiger partial charge in [-0.1, -0.05) is 54.1 Å². The maximum Gasteiger partial charge on any atom is 0.257 e. The molecule has 0 aliphatic carbocycles. The fraction of sp³-hybridized carbons (Fsp3) is 0.129. The highest BCUT2D eigenvalue weighted by atomic mass is 32.1. The number of aromatic nitrogens is 1. The third-order valence-corrected chi connectivity index (χ3v) is 7.47. The number of rotatable bonds is 4. The van der Waals surface area contributed by atoms with E-state index in [4.69, 9.17) is 4.98 Å². The summed E-state index contributed by atoms with van der Waals surface area (Å²) in [6, 6.07) is 24.2. The Kier molecular flexibility index (Phi) is 6.13. The monoisotopic (exact) mass is 487 g/mol. The summed E-state index contributed by atoms with van der Waals surface area (Å²) in [6.45, 7) is 8.21. The lowest BCUT2D eigenvalue weighted by Gasteiger charge is -2.11. The predicted octanol–water partition coefficient (Wildman–Crippen LogP) is 7.99. The topological polar surface area (TPSA) is 65.8 Å². The van der Waals surface area contributed by atoms with Crippen LogP contribution in [0.5, 0.6) is 0 Å². The standard InChI is InChI=1S/C31H25N3OS/c1-18-9-10-20(3)24(13-18)27-17-36-31(26(27)16-32)34-30(35)25-15-29(22-12-11-19(2)21(4)14-22)33-28-8-6-5-7-23(25)28/h5-15,17H,1-4H3,(H,34,35). The molecular weight excluding hydrogens is 462 g/mol. The van der Waals surface area contributed by atoms with Gasteiger partial charge in [0.05, 0.1) is 22.3 Å². The molecule has 0 radical (unpaired) electrons. The van der Waals surface area contributed by atoms with E-state index in [1.807, 2.05) is 55.6 Å². The van der Waals surface area contributed by atoms with Crippen molar-refractivity contribution < 1.29 is 4.79 Å². The van der Waals surface area contributed by atoms with Gasteiger partial charge < -0.3 is 5.32 Å². The average molecular weight is 488 g/mol. The summed E-state index contributed by atoms with van der Waals surface area (Å²) in [6.07, 6.45) is 0. The molecule has 1 N–H and O–H groups in total. The fourth-order valence-corrected chi connectivity index (χ4v) is 5.27. The highest BCUT2D eigenvalue weighted by Gasteiger charge is 2.20. The third-order valence-electron chi connectivity index (χ3n) is 6.58. The highest BCUT2D eigenvalue weighted by Crippen LogP contribution is 2.37. The van der Waals surface area contributed by atoms with Gasteiger partial charge in [-0.15, -0.1) is 11.3 Å². The Morgan fingerprint density at radius 2 is 1.67 bits per heavy atom. The van der Waals surface area contributed by atoms with Gasteiger partial charge in [0.2, 0.25) is 0 Å². The Balaban J connectivity index is 1.57. The molecule has 2 heterocycles. The number of hydrogen-bond donors (Lipinski definition) is 1. The zero-order valence-corrected chi connectivity index (χ0v) is 21.5. The van der Waals surface area contributed by atoms with Crippen LogP contribution in [0.25, 0.3) is 33.3 Å². The van der Waals surface area contributed by atoms with E-state index in [-0.39, 0.29) is 5.91 Å². The lowest BCUT2D eigenvalue weighted by molar-refractivity contribution is 0.102. The van der Waals surface area contributed by atoms with E-state index in [9.17, 15) is 10.1 Å². The van der Waals surface area contributed by atoms with Crippen LogP contribution >= 0.6 is 11.3 Å². The van der Waals surface area contributed by atoms with Gasteiger partial charge in [-0.05, 0) is 68.1 Å². The minimum atomic E-state index is -0.260. The van der Waals surface area contributed by atoms with Gasteiger partial charge in [0.15, 0.2) is 0 Å². The molecule has 5 heteroatoms. The summed E-state index contributed by atoms with van der Waals surface area (Å²) in [5.74, 6) is -0.260. The molecule has 0 bridgehead atoms. The van der Waals surface area contributed by atoms with Crippen LogP contribution in [0.1, 0.15) is 38.2 Å². The van der Waals surface area contributed by atoms with Crippen LogP contribution in [-0.2, 0) is 0 Å².